The zero-order valence-corrected chi connectivity index (χ0v) is 13.5. The van der Waals surface area contributed by atoms with Gasteiger partial charge in [0.2, 0.25) is 0 Å². The van der Waals surface area contributed by atoms with Crippen molar-refractivity contribution in [1.29, 1.82) is 0 Å². The molecule has 1 aromatic rings. The van der Waals surface area contributed by atoms with Crippen LogP contribution in [0.25, 0.3) is 0 Å². The van der Waals surface area contributed by atoms with Gasteiger partial charge in [0.05, 0.1) is 18.1 Å². The minimum Gasteiger partial charge on any atom is -0.366 e. The molecule has 1 aromatic heterocycles. The van der Waals surface area contributed by atoms with E-state index in [0.29, 0.717) is 5.92 Å². The second-order valence-electron chi connectivity index (χ2n) is 6.77. The summed E-state index contributed by atoms with van der Waals surface area (Å²) in [5, 5.41) is 0. The fourth-order valence-electron chi connectivity index (χ4n) is 3.58. The largest absolute Gasteiger partial charge is 0.366 e. The van der Waals surface area contributed by atoms with Gasteiger partial charge in [-0.1, -0.05) is 33.1 Å². The summed E-state index contributed by atoms with van der Waals surface area (Å²) in [7, 11) is 0. The SMILES string of the molecule is CC(C)c1ncc(N2CCN(C3CCCCC3)CC2)cn1. The van der Waals surface area contributed by atoms with Crippen molar-refractivity contribution in [2.75, 3.05) is 31.1 Å². The number of nitrogens with zero attached hydrogens (tertiary/aromatic N) is 4. The molecular formula is C17H28N4. The molecule has 2 heterocycles. The van der Waals surface area contributed by atoms with Gasteiger partial charge < -0.3 is 4.90 Å². The van der Waals surface area contributed by atoms with Crippen LogP contribution >= 0.6 is 0 Å². The van der Waals surface area contributed by atoms with Crippen LogP contribution in [0.1, 0.15) is 57.7 Å². The van der Waals surface area contributed by atoms with Crippen molar-refractivity contribution in [3.63, 3.8) is 0 Å². The number of anilines is 1. The molecule has 4 heteroatoms. The number of rotatable bonds is 3. The summed E-state index contributed by atoms with van der Waals surface area (Å²) in [5.74, 6) is 1.35. The Balaban J connectivity index is 1.55. The zero-order valence-electron chi connectivity index (χ0n) is 13.5. The van der Waals surface area contributed by atoms with Crippen LogP contribution in [0, 0.1) is 0 Å². The van der Waals surface area contributed by atoms with Gasteiger partial charge in [-0.15, -0.1) is 0 Å². The molecule has 0 amide bonds. The van der Waals surface area contributed by atoms with Crippen LogP contribution < -0.4 is 4.90 Å². The van der Waals surface area contributed by atoms with Crippen LogP contribution in [-0.4, -0.2) is 47.1 Å². The first-order valence-corrected chi connectivity index (χ1v) is 8.55. The highest BCUT2D eigenvalue weighted by atomic mass is 15.3. The van der Waals surface area contributed by atoms with Crippen LogP contribution in [0.3, 0.4) is 0 Å². The van der Waals surface area contributed by atoms with Gasteiger partial charge in [0.1, 0.15) is 5.82 Å². The summed E-state index contributed by atoms with van der Waals surface area (Å²) >= 11 is 0. The minimum atomic E-state index is 0.405. The zero-order chi connectivity index (χ0) is 14.7. The molecule has 0 unspecified atom stereocenters. The van der Waals surface area contributed by atoms with E-state index < -0.39 is 0 Å². The molecule has 4 nitrogen and oxygen atoms in total. The molecule has 0 bridgehead atoms. The van der Waals surface area contributed by atoms with E-state index in [2.05, 4.69) is 33.6 Å². The Morgan fingerprint density at radius 3 is 2.14 bits per heavy atom. The molecule has 2 fully saturated rings. The summed E-state index contributed by atoms with van der Waals surface area (Å²) in [6.45, 7) is 8.88. The van der Waals surface area contributed by atoms with Crippen LogP contribution in [0.15, 0.2) is 12.4 Å². The summed E-state index contributed by atoms with van der Waals surface area (Å²) < 4.78 is 0. The molecule has 2 aliphatic rings. The maximum atomic E-state index is 4.50. The molecule has 0 aromatic carbocycles. The first-order chi connectivity index (χ1) is 10.2. The topological polar surface area (TPSA) is 32.3 Å². The van der Waals surface area contributed by atoms with E-state index in [9.17, 15) is 0 Å². The summed E-state index contributed by atoms with van der Waals surface area (Å²) in [4.78, 5) is 14.1. The van der Waals surface area contributed by atoms with Gasteiger partial charge in [0.25, 0.3) is 0 Å². The van der Waals surface area contributed by atoms with E-state index >= 15 is 0 Å². The molecule has 0 N–H and O–H groups in total. The van der Waals surface area contributed by atoms with Gasteiger partial charge >= 0.3 is 0 Å². The predicted octanol–water partition coefficient (Wildman–Crippen LogP) is 3.05. The lowest BCUT2D eigenvalue weighted by Crippen LogP contribution is -2.50. The summed E-state index contributed by atoms with van der Waals surface area (Å²) in [6, 6.07) is 0.848. The maximum absolute atomic E-state index is 4.50. The Labute approximate surface area is 128 Å². The van der Waals surface area contributed by atoms with Gasteiger partial charge in [-0.2, -0.15) is 0 Å². The summed E-state index contributed by atoms with van der Waals surface area (Å²) in [6.07, 6.45) is 11.1. The smallest absolute Gasteiger partial charge is 0.130 e. The average molecular weight is 288 g/mol. The Morgan fingerprint density at radius 1 is 0.952 bits per heavy atom. The van der Waals surface area contributed by atoms with Crippen molar-refractivity contribution < 1.29 is 0 Å². The highest BCUT2D eigenvalue weighted by Gasteiger charge is 2.25. The molecule has 1 saturated heterocycles. The third-order valence-corrected chi connectivity index (χ3v) is 4.95. The van der Waals surface area contributed by atoms with Crippen molar-refractivity contribution in [2.24, 2.45) is 0 Å². The molecule has 21 heavy (non-hydrogen) atoms. The first kappa shape index (κ1) is 14.8. The summed E-state index contributed by atoms with van der Waals surface area (Å²) in [5.41, 5.74) is 1.18. The second-order valence-corrected chi connectivity index (χ2v) is 6.77. The average Bonchev–Trinajstić information content (AvgIpc) is 2.56. The fourth-order valence-corrected chi connectivity index (χ4v) is 3.58. The normalized spacial score (nSPS) is 22.0. The lowest BCUT2D eigenvalue weighted by molar-refractivity contribution is 0.148. The van der Waals surface area contributed by atoms with Crippen LogP contribution in [-0.2, 0) is 0 Å². The van der Waals surface area contributed by atoms with Gasteiger partial charge in [0, 0.05) is 38.1 Å². The molecule has 0 atom stereocenters. The Morgan fingerprint density at radius 2 is 1.57 bits per heavy atom. The quantitative estimate of drug-likeness (QED) is 0.855. The van der Waals surface area contributed by atoms with Gasteiger partial charge in [-0.25, -0.2) is 9.97 Å². The third kappa shape index (κ3) is 3.54. The van der Waals surface area contributed by atoms with Crippen molar-refractivity contribution in [3.05, 3.63) is 18.2 Å². The van der Waals surface area contributed by atoms with Crippen molar-refractivity contribution >= 4 is 5.69 Å². The Kier molecular flexibility index (Phi) is 4.73. The molecule has 0 radical (unpaired) electrons. The minimum absolute atomic E-state index is 0.405. The number of piperazine rings is 1. The van der Waals surface area contributed by atoms with Crippen molar-refractivity contribution in [2.45, 2.75) is 57.9 Å². The Hall–Kier alpha value is -1.16. The van der Waals surface area contributed by atoms with Crippen molar-refractivity contribution in [1.82, 2.24) is 14.9 Å². The van der Waals surface area contributed by atoms with Gasteiger partial charge in [0.15, 0.2) is 0 Å². The standard InChI is InChI=1S/C17H28N4/c1-14(2)17-18-12-16(13-19-17)21-10-8-20(9-11-21)15-6-4-3-5-7-15/h12-15H,3-11H2,1-2H3. The monoisotopic (exact) mass is 288 g/mol. The van der Waals surface area contributed by atoms with Gasteiger partial charge in [-0.05, 0) is 12.8 Å². The number of hydrogen-bond donors (Lipinski definition) is 0. The van der Waals surface area contributed by atoms with Crippen LogP contribution in [0.5, 0.6) is 0 Å². The molecule has 1 aliphatic heterocycles. The molecule has 0 spiro atoms. The van der Waals surface area contributed by atoms with E-state index in [-0.39, 0.29) is 0 Å². The van der Waals surface area contributed by atoms with Crippen LogP contribution in [0.2, 0.25) is 0 Å². The first-order valence-electron chi connectivity index (χ1n) is 8.55. The van der Waals surface area contributed by atoms with E-state index in [4.69, 9.17) is 0 Å². The number of aromatic nitrogens is 2. The van der Waals surface area contributed by atoms with Crippen LogP contribution in [0.4, 0.5) is 5.69 Å². The van der Waals surface area contributed by atoms with E-state index in [1.54, 1.807) is 0 Å². The lowest BCUT2D eigenvalue weighted by atomic mass is 9.94. The maximum Gasteiger partial charge on any atom is 0.130 e. The fraction of sp³-hybridized carbons (Fsp3) is 0.765. The van der Waals surface area contributed by atoms with E-state index in [0.717, 1.165) is 25.0 Å². The molecule has 3 rings (SSSR count). The molecule has 116 valence electrons. The van der Waals surface area contributed by atoms with E-state index in [1.165, 1.54) is 50.9 Å². The number of hydrogen-bond acceptors (Lipinski definition) is 4. The highest BCUT2D eigenvalue weighted by Crippen LogP contribution is 2.24. The second kappa shape index (κ2) is 6.73. The lowest BCUT2D eigenvalue weighted by Gasteiger charge is -2.41. The predicted molar refractivity (Wildman–Crippen MR) is 86.8 cm³/mol. The Bertz CT molecular complexity index is 429. The van der Waals surface area contributed by atoms with Gasteiger partial charge in [-0.3, -0.25) is 4.90 Å². The molecule has 1 aliphatic carbocycles. The van der Waals surface area contributed by atoms with Crippen molar-refractivity contribution in [3.8, 4) is 0 Å². The molecule has 1 saturated carbocycles. The third-order valence-electron chi connectivity index (χ3n) is 4.95. The highest BCUT2D eigenvalue weighted by molar-refractivity contribution is 5.42. The van der Waals surface area contributed by atoms with E-state index in [1.807, 2.05) is 12.4 Å². The molecular weight excluding hydrogens is 260 g/mol.